The van der Waals surface area contributed by atoms with Crippen LogP contribution in [0, 0.1) is 22.7 Å². The summed E-state index contributed by atoms with van der Waals surface area (Å²) in [7, 11) is 0. The Bertz CT molecular complexity index is 169. The first kappa shape index (κ1) is 8.87. The van der Waals surface area contributed by atoms with E-state index >= 15 is 0 Å². The second-order valence-electron chi connectivity index (χ2n) is 3.68. The Hall–Kier alpha value is -0.220. The number of nitrogens with zero attached hydrogens (tertiary/aromatic N) is 1. The zero-order valence-corrected chi connectivity index (χ0v) is 7.69. The SMILES string of the molecule is CC1CCC(C#N)(CCCl)C1. The predicted molar refractivity (Wildman–Crippen MR) is 46.4 cm³/mol. The lowest BCUT2D eigenvalue weighted by Gasteiger charge is -2.18. The van der Waals surface area contributed by atoms with Crippen molar-refractivity contribution in [3.63, 3.8) is 0 Å². The van der Waals surface area contributed by atoms with Crippen LogP contribution < -0.4 is 0 Å². The molecule has 2 heteroatoms. The highest BCUT2D eigenvalue weighted by atomic mass is 35.5. The highest BCUT2D eigenvalue weighted by Crippen LogP contribution is 2.43. The van der Waals surface area contributed by atoms with E-state index in [-0.39, 0.29) is 5.41 Å². The van der Waals surface area contributed by atoms with Crippen LogP contribution in [0.4, 0.5) is 0 Å². The Morgan fingerprint density at radius 2 is 2.45 bits per heavy atom. The molecule has 0 N–H and O–H groups in total. The molecule has 0 aliphatic heterocycles. The van der Waals surface area contributed by atoms with Crippen molar-refractivity contribution in [1.29, 1.82) is 5.26 Å². The molecule has 1 rings (SSSR count). The molecule has 1 aliphatic rings. The Balaban J connectivity index is 2.57. The van der Waals surface area contributed by atoms with Crippen molar-refractivity contribution < 1.29 is 0 Å². The molecule has 2 atom stereocenters. The summed E-state index contributed by atoms with van der Waals surface area (Å²) in [5.74, 6) is 1.35. The van der Waals surface area contributed by atoms with E-state index < -0.39 is 0 Å². The Morgan fingerprint density at radius 3 is 2.82 bits per heavy atom. The van der Waals surface area contributed by atoms with Crippen molar-refractivity contribution in [1.82, 2.24) is 0 Å². The Morgan fingerprint density at radius 1 is 1.73 bits per heavy atom. The van der Waals surface area contributed by atoms with Crippen LogP contribution in [0.25, 0.3) is 0 Å². The molecular formula is C9H14ClN. The molecule has 11 heavy (non-hydrogen) atoms. The fourth-order valence-corrected chi connectivity index (χ4v) is 2.32. The lowest BCUT2D eigenvalue weighted by molar-refractivity contribution is 0.382. The van der Waals surface area contributed by atoms with Gasteiger partial charge < -0.3 is 0 Å². The monoisotopic (exact) mass is 171 g/mol. The van der Waals surface area contributed by atoms with Crippen molar-refractivity contribution >= 4 is 11.6 Å². The molecule has 0 amide bonds. The third-order valence-corrected chi connectivity index (χ3v) is 2.85. The lowest BCUT2D eigenvalue weighted by Crippen LogP contribution is -2.14. The van der Waals surface area contributed by atoms with E-state index in [1.165, 1.54) is 6.42 Å². The molecular weight excluding hydrogens is 158 g/mol. The van der Waals surface area contributed by atoms with E-state index in [9.17, 15) is 0 Å². The van der Waals surface area contributed by atoms with E-state index in [2.05, 4.69) is 13.0 Å². The second-order valence-corrected chi connectivity index (χ2v) is 4.06. The maximum Gasteiger partial charge on any atom is 0.0690 e. The third-order valence-electron chi connectivity index (χ3n) is 2.67. The minimum absolute atomic E-state index is 0.0683. The topological polar surface area (TPSA) is 23.8 Å². The number of alkyl halides is 1. The fourth-order valence-electron chi connectivity index (χ4n) is 1.96. The molecule has 1 aliphatic carbocycles. The molecule has 1 saturated carbocycles. The molecule has 62 valence electrons. The van der Waals surface area contributed by atoms with Gasteiger partial charge in [0.2, 0.25) is 0 Å². The zero-order chi connectivity index (χ0) is 8.32. The van der Waals surface area contributed by atoms with Crippen molar-refractivity contribution in [3.8, 4) is 6.07 Å². The summed E-state index contributed by atoms with van der Waals surface area (Å²) in [5, 5.41) is 8.96. The first-order valence-electron chi connectivity index (χ1n) is 4.20. The summed E-state index contributed by atoms with van der Waals surface area (Å²) in [6.07, 6.45) is 4.17. The van der Waals surface area contributed by atoms with E-state index in [1.54, 1.807) is 0 Å². The van der Waals surface area contributed by atoms with Crippen LogP contribution >= 0.6 is 11.6 Å². The van der Waals surface area contributed by atoms with Gasteiger partial charge in [0.1, 0.15) is 0 Å². The van der Waals surface area contributed by atoms with Gasteiger partial charge in [-0.05, 0) is 31.6 Å². The van der Waals surface area contributed by atoms with Gasteiger partial charge in [-0.15, -0.1) is 11.6 Å². The number of hydrogen-bond acceptors (Lipinski definition) is 1. The summed E-state index contributed by atoms with van der Waals surface area (Å²) in [6.45, 7) is 2.22. The quantitative estimate of drug-likeness (QED) is 0.586. The average Bonchev–Trinajstić information content (AvgIpc) is 2.34. The van der Waals surface area contributed by atoms with Crippen LogP contribution in [-0.2, 0) is 0 Å². The van der Waals surface area contributed by atoms with Crippen LogP contribution in [0.2, 0.25) is 0 Å². The van der Waals surface area contributed by atoms with Crippen molar-refractivity contribution in [3.05, 3.63) is 0 Å². The molecule has 0 saturated heterocycles. The molecule has 0 heterocycles. The third kappa shape index (κ3) is 1.87. The highest BCUT2D eigenvalue weighted by molar-refractivity contribution is 6.17. The summed E-state index contributed by atoms with van der Waals surface area (Å²) in [6, 6.07) is 2.42. The lowest BCUT2D eigenvalue weighted by atomic mass is 9.84. The van der Waals surface area contributed by atoms with Gasteiger partial charge in [0.25, 0.3) is 0 Å². The zero-order valence-electron chi connectivity index (χ0n) is 6.94. The van der Waals surface area contributed by atoms with Gasteiger partial charge >= 0.3 is 0 Å². The average molecular weight is 172 g/mol. The number of halogens is 1. The van der Waals surface area contributed by atoms with E-state index in [0.29, 0.717) is 5.88 Å². The predicted octanol–water partition coefficient (Wildman–Crippen LogP) is 2.95. The minimum atomic E-state index is -0.0683. The van der Waals surface area contributed by atoms with E-state index in [1.807, 2.05) is 0 Å². The Labute approximate surface area is 73.3 Å². The molecule has 1 nitrogen and oxygen atoms in total. The first-order chi connectivity index (χ1) is 5.22. The summed E-state index contributed by atoms with van der Waals surface area (Å²) in [5.41, 5.74) is -0.0683. The molecule has 0 bridgehead atoms. The van der Waals surface area contributed by atoms with E-state index in [4.69, 9.17) is 16.9 Å². The van der Waals surface area contributed by atoms with Crippen molar-refractivity contribution in [2.75, 3.05) is 5.88 Å². The van der Waals surface area contributed by atoms with Gasteiger partial charge in [-0.1, -0.05) is 6.92 Å². The van der Waals surface area contributed by atoms with Crippen LogP contribution in [0.15, 0.2) is 0 Å². The van der Waals surface area contributed by atoms with Gasteiger partial charge in [-0.3, -0.25) is 0 Å². The molecule has 0 aromatic heterocycles. The van der Waals surface area contributed by atoms with Gasteiger partial charge in [0.15, 0.2) is 0 Å². The Kier molecular flexibility index (Phi) is 2.78. The molecule has 0 spiro atoms. The highest BCUT2D eigenvalue weighted by Gasteiger charge is 2.36. The summed E-state index contributed by atoms with van der Waals surface area (Å²) in [4.78, 5) is 0. The van der Waals surface area contributed by atoms with Gasteiger partial charge in [-0.25, -0.2) is 0 Å². The van der Waals surface area contributed by atoms with Crippen LogP contribution in [0.1, 0.15) is 32.6 Å². The molecule has 0 aromatic rings. The molecule has 1 fully saturated rings. The van der Waals surface area contributed by atoms with Crippen LogP contribution in [0.3, 0.4) is 0 Å². The minimum Gasteiger partial charge on any atom is -0.198 e. The number of nitriles is 1. The largest absolute Gasteiger partial charge is 0.198 e. The molecule has 0 radical (unpaired) electrons. The fraction of sp³-hybridized carbons (Fsp3) is 0.889. The maximum atomic E-state index is 8.96. The summed E-state index contributed by atoms with van der Waals surface area (Å²) >= 11 is 5.65. The second kappa shape index (κ2) is 3.45. The van der Waals surface area contributed by atoms with Crippen molar-refractivity contribution in [2.24, 2.45) is 11.3 Å². The molecule has 0 aromatic carbocycles. The maximum absolute atomic E-state index is 8.96. The first-order valence-corrected chi connectivity index (χ1v) is 4.73. The van der Waals surface area contributed by atoms with Gasteiger partial charge in [-0.2, -0.15) is 5.26 Å². The number of hydrogen-bond donors (Lipinski definition) is 0. The number of rotatable bonds is 2. The normalized spacial score (nSPS) is 37.0. The smallest absolute Gasteiger partial charge is 0.0690 e. The van der Waals surface area contributed by atoms with Crippen LogP contribution in [-0.4, -0.2) is 5.88 Å². The van der Waals surface area contributed by atoms with Gasteiger partial charge in [0, 0.05) is 5.88 Å². The van der Waals surface area contributed by atoms with E-state index in [0.717, 1.165) is 25.2 Å². The molecule has 2 unspecified atom stereocenters. The van der Waals surface area contributed by atoms with Crippen LogP contribution in [0.5, 0.6) is 0 Å². The van der Waals surface area contributed by atoms with Crippen molar-refractivity contribution in [2.45, 2.75) is 32.6 Å². The standard InChI is InChI=1S/C9H14ClN/c1-8-2-3-9(6-8,7-11)4-5-10/h8H,2-6H2,1H3. The van der Waals surface area contributed by atoms with Gasteiger partial charge in [0.05, 0.1) is 11.5 Å². The summed E-state index contributed by atoms with van der Waals surface area (Å²) < 4.78 is 0.